The van der Waals surface area contributed by atoms with E-state index in [1.54, 1.807) is 34.6 Å². The molecule has 0 aromatic carbocycles. The van der Waals surface area contributed by atoms with Gasteiger partial charge in [-0.1, -0.05) is 26.3 Å². The quantitative estimate of drug-likeness (QED) is 0.764. The van der Waals surface area contributed by atoms with Crippen molar-refractivity contribution in [3.63, 3.8) is 0 Å². The van der Waals surface area contributed by atoms with E-state index < -0.39 is 35.6 Å². The molecule has 6 nitrogen and oxygen atoms in total. The molecule has 1 fully saturated rings. The maximum Gasteiger partial charge on any atom is 0.309 e. The predicted octanol–water partition coefficient (Wildman–Crippen LogP) is 1.71. The van der Waals surface area contributed by atoms with E-state index in [4.69, 9.17) is 9.47 Å². The Kier molecular flexibility index (Phi) is 4.14. The SMILES string of the molecule is CC1=CC(=O)C2=C(C)C[C@H](OC(=O)C(C)C)[C@H]3[C@H](C)C(=O)O[C@@H]3[C@@]12O. The number of carbonyl (C=O) groups excluding carboxylic acids is 3. The molecule has 0 amide bonds. The Morgan fingerprint density at radius 1 is 1.36 bits per heavy atom. The summed E-state index contributed by atoms with van der Waals surface area (Å²) in [5.41, 5.74) is -0.269. The van der Waals surface area contributed by atoms with Crippen molar-refractivity contribution in [2.45, 2.75) is 58.8 Å². The molecule has 0 aromatic rings. The molecule has 2 aliphatic carbocycles. The van der Waals surface area contributed by atoms with E-state index in [9.17, 15) is 19.5 Å². The van der Waals surface area contributed by atoms with Gasteiger partial charge in [-0.25, -0.2) is 0 Å². The average molecular weight is 348 g/mol. The number of allylic oxidation sites excluding steroid dienone is 1. The van der Waals surface area contributed by atoms with Gasteiger partial charge in [0.05, 0.1) is 17.8 Å². The van der Waals surface area contributed by atoms with Gasteiger partial charge in [0, 0.05) is 12.0 Å². The van der Waals surface area contributed by atoms with Gasteiger partial charge >= 0.3 is 11.9 Å². The van der Waals surface area contributed by atoms with Gasteiger partial charge in [-0.2, -0.15) is 0 Å². The first-order valence-electron chi connectivity index (χ1n) is 8.65. The van der Waals surface area contributed by atoms with Crippen LogP contribution in [0.1, 0.15) is 41.0 Å². The van der Waals surface area contributed by atoms with Crippen LogP contribution < -0.4 is 0 Å². The van der Waals surface area contributed by atoms with Crippen molar-refractivity contribution >= 4 is 17.7 Å². The Bertz CT molecular complexity index is 715. The normalized spacial score (nSPS) is 37.5. The molecular weight excluding hydrogens is 324 g/mol. The summed E-state index contributed by atoms with van der Waals surface area (Å²) in [5, 5.41) is 11.4. The van der Waals surface area contributed by atoms with Crippen molar-refractivity contribution in [1.82, 2.24) is 0 Å². The third-order valence-electron chi connectivity index (χ3n) is 5.63. The summed E-state index contributed by atoms with van der Waals surface area (Å²) in [4.78, 5) is 36.8. The van der Waals surface area contributed by atoms with E-state index >= 15 is 0 Å². The molecule has 0 aromatic heterocycles. The van der Waals surface area contributed by atoms with E-state index in [2.05, 4.69) is 0 Å². The standard InChI is InChI=1S/C19H24O6/c1-8(2)17(21)24-13-6-9(3)15-12(20)7-10(4)19(15,23)16-14(13)11(5)18(22)25-16/h7-8,11,13-14,16,23H,6H2,1-5H3/t11-,13-,14+,16-,19+/m0/s1. The summed E-state index contributed by atoms with van der Waals surface area (Å²) in [6.07, 6.45) is 0.136. The molecule has 3 aliphatic rings. The maximum atomic E-state index is 12.4. The predicted molar refractivity (Wildman–Crippen MR) is 88.3 cm³/mol. The molecule has 0 bridgehead atoms. The van der Waals surface area contributed by atoms with Crippen LogP contribution in [-0.4, -0.2) is 40.6 Å². The summed E-state index contributed by atoms with van der Waals surface area (Å²) < 4.78 is 11.2. The number of ketones is 1. The zero-order valence-electron chi connectivity index (χ0n) is 15.2. The Morgan fingerprint density at radius 2 is 2.00 bits per heavy atom. The molecule has 6 heteroatoms. The number of ether oxygens (including phenoxy) is 2. The minimum Gasteiger partial charge on any atom is -0.461 e. The zero-order chi connectivity index (χ0) is 18.7. The van der Waals surface area contributed by atoms with Crippen LogP contribution in [-0.2, 0) is 23.9 Å². The van der Waals surface area contributed by atoms with Gasteiger partial charge in [-0.15, -0.1) is 0 Å². The van der Waals surface area contributed by atoms with Crippen molar-refractivity contribution < 1.29 is 29.0 Å². The van der Waals surface area contributed by atoms with Crippen LogP contribution >= 0.6 is 0 Å². The van der Waals surface area contributed by atoms with Crippen LogP contribution in [0.3, 0.4) is 0 Å². The van der Waals surface area contributed by atoms with Crippen LogP contribution in [0.15, 0.2) is 22.8 Å². The first-order valence-corrected chi connectivity index (χ1v) is 8.65. The van der Waals surface area contributed by atoms with Gasteiger partial charge < -0.3 is 14.6 Å². The summed E-state index contributed by atoms with van der Waals surface area (Å²) in [6, 6.07) is 0. The van der Waals surface area contributed by atoms with Crippen LogP contribution in [0.25, 0.3) is 0 Å². The molecule has 136 valence electrons. The minimum absolute atomic E-state index is 0.255. The topological polar surface area (TPSA) is 89.9 Å². The Hall–Kier alpha value is -1.95. The Morgan fingerprint density at radius 3 is 2.60 bits per heavy atom. The number of fused-ring (bicyclic) bond motifs is 3. The first-order chi connectivity index (χ1) is 11.6. The smallest absolute Gasteiger partial charge is 0.309 e. The van der Waals surface area contributed by atoms with Crippen LogP contribution in [0, 0.1) is 17.8 Å². The van der Waals surface area contributed by atoms with Gasteiger partial charge in [-0.05, 0) is 25.5 Å². The molecule has 1 heterocycles. The van der Waals surface area contributed by atoms with E-state index in [0.29, 0.717) is 17.6 Å². The van der Waals surface area contributed by atoms with Gasteiger partial charge in [0.1, 0.15) is 12.2 Å². The van der Waals surface area contributed by atoms with Gasteiger partial charge in [0.2, 0.25) is 0 Å². The fourth-order valence-electron chi connectivity index (χ4n) is 4.22. The van der Waals surface area contributed by atoms with E-state index in [-0.39, 0.29) is 23.2 Å². The lowest BCUT2D eigenvalue weighted by molar-refractivity contribution is -0.160. The monoisotopic (exact) mass is 348 g/mol. The highest BCUT2D eigenvalue weighted by molar-refractivity contribution is 6.11. The molecule has 0 spiro atoms. The van der Waals surface area contributed by atoms with E-state index in [0.717, 1.165) is 0 Å². The van der Waals surface area contributed by atoms with Crippen molar-refractivity contribution in [3.8, 4) is 0 Å². The highest BCUT2D eigenvalue weighted by Crippen LogP contribution is 2.51. The largest absolute Gasteiger partial charge is 0.461 e. The second-order valence-corrected chi connectivity index (χ2v) is 7.67. The van der Waals surface area contributed by atoms with Gasteiger partial charge in [0.25, 0.3) is 0 Å². The fourth-order valence-corrected chi connectivity index (χ4v) is 4.22. The highest BCUT2D eigenvalue weighted by Gasteiger charge is 2.62. The summed E-state index contributed by atoms with van der Waals surface area (Å²) in [7, 11) is 0. The van der Waals surface area contributed by atoms with Gasteiger partial charge in [-0.3, -0.25) is 14.4 Å². The third-order valence-corrected chi connectivity index (χ3v) is 5.63. The van der Waals surface area contributed by atoms with Crippen molar-refractivity contribution in [2.24, 2.45) is 17.8 Å². The van der Waals surface area contributed by atoms with Gasteiger partial charge in [0.15, 0.2) is 11.4 Å². The lowest BCUT2D eigenvalue weighted by atomic mass is 9.76. The zero-order valence-corrected chi connectivity index (χ0v) is 15.2. The number of aliphatic hydroxyl groups is 1. The molecule has 1 saturated heterocycles. The number of esters is 2. The molecule has 1 aliphatic heterocycles. The highest BCUT2D eigenvalue weighted by atomic mass is 16.6. The molecule has 0 saturated carbocycles. The van der Waals surface area contributed by atoms with Crippen molar-refractivity contribution in [1.29, 1.82) is 0 Å². The summed E-state index contributed by atoms with van der Waals surface area (Å²) in [5.74, 6) is -2.45. The Balaban J connectivity index is 2.10. The summed E-state index contributed by atoms with van der Waals surface area (Å²) >= 11 is 0. The fraction of sp³-hybridized carbons (Fsp3) is 0.632. The lowest BCUT2D eigenvalue weighted by Crippen LogP contribution is -2.49. The molecule has 3 rings (SSSR count). The molecule has 1 N–H and O–H groups in total. The number of carbonyl (C=O) groups is 3. The third kappa shape index (κ3) is 2.46. The number of rotatable bonds is 2. The number of hydrogen-bond acceptors (Lipinski definition) is 6. The molecule has 0 unspecified atom stereocenters. The molecule has 0 radical (unpaired) electrons. The average Bonchev–Trinajstić information content (AvgIpc) is 2.90. The minimum atomic E-state index is -1.65. The van der Waals surface area contributed by atoms with Crippen molar-refractivity contribution in [3.05, 3.63) is 22.8 Å². The lowest BCUT2D eigenvalue weighted by Gasteiger charge is -2.35. The van der Waals surface area contributed by atoms with Crippen LogP contribution in [0.5, 0.6) is 0 Å². The maximum absolute atomic E-state index is 12.4. The molecular formula is C19H24O6. The number of hydrogen-bond donors (Lipinski definition) is 1. The summed E-state index contributed by atoms with van der Waals surface area (Å²) in [6.45, 7) is 8.60. The second-order valence-electron chi connectivity index (χ2n) is 7.67. The van der Waals surface area contributed by atoms with Crippen LogP contribution in [0.2, 0.25) is 0 Å². The van der Waals surface area contributed by atoms with Crippen molar-refractivity contribution in [2.75, 3.05) is 0 Å². The first kappa shape index (κ1) is 17.9. The molecule has 25 heavy (non-hydrogen) atoms. The molecule has 5 atom stereocenters. The Labute approximate surface area is 146 Å². The van der Waals surface area contributed by atoms with Crippen LogP contribution in [0.4, 0.5) is 0 Å². The van der Waals surface area contributed by atoms with E-state index in [1.807, 2.05) is 0 Å². The second kappa shape index (κ2) is 5.80. The van der Waals surface area contributed by atoms with E-state index in [1.165, 1.54) is 6.08 Å².